The standard InChI is InChI=1S/C19H22F2N2O3S/c1-13-7-15(3)18(8-14(13)2)27(24,25)23-12-19(20,21)9-16(23)11-26-17-5-4-6-22-10-17/h4-8,10,16H,9,11-12H2,1-3H3/t16-/m0/s1. The summed E-state index contributed by atoms with van der Waals surface area (Å²) in [5.41, 5.74) is 2.29. The maximum absolute atomic E-state index is 14.1. The molecule has 0 unspecified atom stereocenters. The second kappa shape index (κ2) is 7.16. The van der Waals surface area contributed by atoms with E-state index in [4.69, 9.17) is 4.74 Å². The summed E-state index contributed by atoms with van der Waals surface area (Å²) in [5, 5.41) is 0. The summed E-state index contributed by atoms with van der Waals surface area (Å²) in [4.78, 5) is 3.96. The van der Waals surface area contributed by atoms with Crippen molar-refractivity contribution in [1.82, 2.24) is 9.29 Å². The van der Waals surface area contributed by atoms with Crippen molar-refractivity contribution in [2.75, 3.05) is 13.2 Å². The highest BCUT2D eigenvalue weighted by atomic mass is 32.2. The van der Waals surface area contributed by atoms with Gasteiger partial charge in [0.2, 0.25) is 10.0 Å². The molecule has 5 nitrogen and oxygen atoms in total. The Morgan fingerprint density at radius 3 is 2.59 bits per heavy atom. The number of aromatic nitrogens is 1. The Bertz CT molecular complexity index is 933. The minimum Gasteiger partial charge on any atom is -0.490 e. The van der Waals surface area contributed by atoms with E-state index in [1.165, 1.54) is 6.20 Å². The maximum atomic E-state index is 14.1. The predicted octanol–water partition coefficient (Wildman–Crippen LogP) is 3.48. The number of pyridine rings is 1. The Balaban J connectivity index is 1.90. The molecule has 2 heterocycles. The highest BCUT2D eigenvalue weighted by molar-refractivity contribution is 7.89. The molecule has 8 heteroatoms. The summed E-state index contributed by atoms with van der Waals surface area (Å²) in [7, 11) is -4.08. The van der Waals surface area contributed by atoms with Gasteiger partial charge >= 0.3 is 0 Å². The van der Waals surface area contributed by atoms with E-state index in [2.05, 4.69) is 4.98 Å². The van der Waals surface area contributed by atoms with E-state index < -0.39 is 35.0 Å². The minimum absolute atomic E-state index is 0.0645. The normalized spacial score (nSPS) is 20.0. The van der Waals surface area contributed by atoms with Gasteiger partial charge in [-0.25, -0.2) is 17.2 Å². The number of rotatable bonds is 5. The van der Waals surface area contributed by atoms with E-state index in [9.17, 15) is 17.2 Å². The van der Waals surface area contributed by atoms with E-state index in [0.29, 0.717) is 11.3 Å². The van der Waals surface area contributed by atoms with Gasteiger partial charge in [0.25, 0.3) is 5.92 Å². The first-order valence-electron chi connectivity index (χ1n) is 8.60. The molecule has 0 bridgehead atoms. The lowest BCUT2D eigenvalue weighted by Crippen LogP contribution is -2.39. The van der Waals surface area contributed by atoms with E-state index in [1.54, 1.807) is 44.3 Å². The van der Waals surface area contributed by atoms with Crippen LogP contribution < -0.4 is 4.74 Å². The van der Waals surface area contributed by atoms with Gasteiger partial charge in [-0.2, -0.15) is 4.31 Å². The molecule has 2 aromatic rings. The highest BCUT2D eigenvalue weighted by Gasteiger charge is 2.50. The largest absolute Gasteiger partial charge is 0.490 e. The molecule has 0 spiro atoms. The third-order valence-electron chi connectivity index (χ3n) is 4.78. The Morgan fingerprint density at radius 1 is 1.22 bits per heavy atom. The van der Waals surface area contributed by atoms with Gasteiger partial charge in [0.15, 0.2) is 0 Å². The van der Waals surface area contributed by atoms with Gasteiger partial charge in [-0.05, 0) is 55.7 Å². The molecule has 1 atom stereocenters. The van der Waals surface area contributed by atoms with Crippen molar-refractivity contribution >= 4 is 10.0 Å². The van der Waals surface area contributed by atoms with Crippen LogP contribution in [0.2, 0.25) is 0 Å². The Hall–Kier alpha value is -2.06. The average Bonchev–Trinajstić information content (AvgIpc) is 2.92. The number of sulfonamides is 1. The quantitative estimate of drug-likeness (QED) is 0.776. The van der Waals surface area contributed by atoms with Gasteiger partial charge in [0, 0.05) is 12.6 Å². The van der Waals surface area contributed by atoms with Crippen LogP contribution in [0.4, 0.5) is 8.78 Å². The Morgan fingerprint density at radius 2 is 1.93 bits per heavy atom. The number of hydrogen-bond acceptors (Lipinski definition) is 4. The molecular weight excluding hydrogens is 374 g/mol. The Labute approximate surface area is 158 Å². The molecule has 0 radical (unpaired) electrons. The third kappa shape index (κ3) is 4.11. The first kappa shape index (κ1) is 19.7. The molecule has 1 saturated heterocycles. The molecule has 1 fully saturated rings. The highest BCUT2D eigenvalue weighted by Crippen LogP contribution is 2.37. The van der Waals surface area contributed by atoms with Crippen LogP contribution in [-0.4, -0.2) is 42.8 Å². The summed E-state index contributed by atoms with van der Waals surface area (Å²) in [6.07, 6.45) is 2.45. The number of aryl methyl sites for hydroxylation is 3. The molecule has 0 N–H and O–H groups in total. The van der Waals surface area contributed by atoms with E-state index in [-0.39, 0.29) is 11.5 Å². The van der Waals surface area contributed by atoms with E-state index >= 15 is 0 Å². The lowest BCUT2D eigenvalue weighted by Gasteiger charge is -2.24. The molecule has 1 aromatic heterocycles. The maximum Gasteiger partial charge on any atom is 0.263 e. The van der Waals surface area contributed by atoms with Crippen LogP contribution in [0.1, 0.15) is 23.1 Å². The fourth-order valence-corrected chi connectivity index (χ4v) is 5.19. The van der Waals surface area contributed by atoms with Gasteiger partial charge in [0.1, 0.15) is 12.4 Å². The zero-order valence-corrected chi connectivity index (χ0v) is 16.3. The fourth-order valence-electron chi connectivity index (χ4n) is 3.25. The van der Waals surface area contributed by atoms with Gasteiger partial charge < -0.3 is 4.74 Å². The van der Waals surface area contributed by atoms with Crippen LogP contribution in [0.15, 0.2) is 41.6 Å². The number of halogens is 2. The first-order valence-corrected chi connectivity index (χ1v) is 10.0. The first-order chi connectivity index (χ1) is 12.6. The zero-order valence-electron chi connectivity index (χ0n) is 15.4. The summed E-state index contributed by atoms with van der Waals surface area (Å²) < 4.78 is 60.9. The summed E-state index contributed by atoms with van der Waals surface area (Å²) in [6.45, 7) is 4.35. The monoisotopic (exact) mass is 396 g/mol. The number of hydrogen-bond donors (Lipinski definition) is 0. The van der Waals surface area contributed by atoms with Gasteiger partial charge in [-0.3, -0.25) is 4.98 Å². The summed E-state index contributed by atoms with van der Waals surface area (Å²) in [5.74, 6) is -2.68. The van der Waals surface area contributed by atoms with Crippen molar-refractivity contribution in [1.29, 1.82) is 0 Å². The van der Waals surface area contributed by atoms with Gasteiger partial charge in [-0.15, -0.1) is 0 Å². The van der Waals surface area contributed by atoms with Crippen molar-refractivity contribution in [3.05, 3.63) is 53.3 Å². The molecule has 1 aliphatic rings. The third-order valence-corrected chi connectivity index (χ3v) is 6.82. The second-order valence-corrected chi connectivity index (χ2v) is 8.82. The fraction of sp³-hybridized carbons (Fsp3) is 0.421. The molecule has 146 valence electrons. The molecule has 0 amide bonds. The lowest BCUT2D eigenvalue weighted by atomic mass is 10.1. The second-order valence-electron chi connectivity index (χ2n) is 6.97. The van der Waals surface area contributed by atoms with Gasteiger partial charge in [0.05, 0.1) is 23.7 Å². The molecular formula is C19H22F2N2O3S. The van der Waals surface area contributed by atoms with Crippen molar-refractivity contribution in [2.24, 2.45) is 0 Å². The topological polar surface area (TPSA) is 59.5 Å². The van der Waals surface area contributed by atoms with Crippen LogP contribution in [0.25, 0.3) is 0 Å². The lowest BCUT2D eigenvalue weighted by molar-refractivity contribution is 0.0163. The molecule has 1 aromatic carbocycles. The summed E-state index contributed by atoms with van der Waals surface area (Å²) >= 11 is 0. The van der Waals surface area contributed by atoms with Crippen molar-refractivity contribution in [3.8, 4) is 5.75 Å². The molecule has 0 aliphatic carbocycles. The van der Waals surface area contributed by atoms with Crippen molar-refractivity contribution < 1.29 is 21.9 Å². The molecule has 27 heavy (non-hydrogen) atoms. The minimum atomic E-state index is -4.08. The van der Waals surface area contributed by atoms with Crippen LogP contribution >= 0.6 is 0 Å². The number of benzene rings is 1. The van der Waals surface area contributed by atoms with Crippen LogP contribution in [-0.2, 0) is 10.0 Å². The SMILES string of the molecule is Cc1cc(C)c(S(=O)(=O)N2CC(F)(F)C[C@H]2COc2cccnc2)cc1C. The average molecular weight is 396 g/mol. The molecule has 3 rings (SSSR count). The number of ether oxygens (including phenoxy) is 1. The number of alkyl halides is 2. The van der Waals surface area contributed by atoms with Crippen molar-refractivity contribution in [2.45, 2.75) is 44.1 Å². The predicted molar refractivity (Wildman–Crippen MR) is 97.6 cm³/mol. The van der Waals surface area contributed by atoms with Crippen LogP contribution in [0.5, 0.6) is 5.75 Å². The van der Waals surface area contributed by atoms with E-state index in [1.807, 2.05) is 6.92 Å². The zero-order chi connectivity index (χ0) is 19.8. The molecule has 1 aliphatic heterocycles. The van der Waals surface area contributed by atoms with Gasteiger partial charge in [-0.1, -0.05) is 6.07 Å². The van der Waals surface area contributed by atoms with Crippen LogP contribution in [0.3, 0.4) is 0 Å². The number of nitrogens with zero attached hydrogens (tertiary/aromatic N) is 2. The Kier molecular flexibility index (Phi) is 5.22. The summed E-state index contributed by atoms with van der Waals surface area (Å²) in [6, 6.07) is 5.66. The van der Waals surface area contributed by atoms with E-state index in [0.717, 1.165) is 15.4 Å². The smallest absolute Gasteiger partial charge is 0.263 e. The van der Waals surface area contributed by atoms with Crippen LogP contribution in [0, 0.1) is 20.8 Å². The molecule has 0 saturated carbocycles. The van der Waals surface area contributed by atoms with Crippen molar-refractivity contribution in [3.63, 3.8) is 0 Å².